The molecule has 1 saturated heterocycles. The molecule has 0 radical (unpaired) electrons. The van der Waals surface area contributed by atoms with Crippen molar-refractivity contribution in [2.45, 2.75) is 32.6 Å². The molecule has 4 nitrogen and oxygen atoms in total. The second-order valence-electron chi connectivity index (χ2n) is 7.30. The van der Waals surface area contributed by atoms with Gasteiger partial charge in [-0.2, -0.15) is 0 Å². The Hall–Kier alpha value is -2.69. The zero-order chi connectivity index (χ0) is 19.4. The second kappa shape index (κ2) is 8.33. The molecule has 27 heavy (non-hydrogen) atoms. The van der Waals surface area contributed by atoms with E-state index in [1.54, 1.807) is 4.90 Å². The fourth-order valence-electron chi connectivity index (χ4n) is 3.47. The molecular formula is C22H25FN2O2. The molecule has 1 N–H and O–H groups in total. The van der Waals surface area contributed by atoms with Crippen LogP contribution in [-0.2, 0) is 4.79 Å². The van der Waals surface area contributed by atoms with Gasteiger partial charge in [0.25, 0.3) is 5.91 Å². The van der Waals surface area contributed by atoms with Crippen LogP contribution < -0.4 is 5.32 Å². The lowest BCUT2D eigenvalue weighted by Gasteiger charge is -2.31. The summed E-state index contributed by atoms with van der Waals surface area (Å²) in [5.74, 6) is -0.237. The van der Waals surface area contributed by atoms with E-state index in [0.717, 1.165) is 11.3 Å². The van der Waals surface area contributed by atoms with Crippen molar-refractivity contribution in [3.8, 4) is 0 Å². The first kappa shape index (κ1) is 19.1. The van der Waals surface area contributed by atoms with Crippen LogP contribution in [0.4, 0.5) is 10.1 Å². The van der Waals surface area contributed by atoms with Crippen LogP contribution in [0.15, 0.2) is 48.5 Å². The number of likely N-dealkylation sites (tertiary alicyclic amines) is 1. The highest BCUT2D eigenvalue weighted by molar-refractivity contribution is 5.95. The third-order valence-corrected chi connectivity index (χ3v) is 5.08. The average molecular weight is 368 g/mol. The van der Waals surface area contributed by atoms with Crippen LogP contribution in [0.3, 0.4) is 0 Å². The number of carbonyl (C=O) groups is 2. The van der Waals surface area contributed by atoms with Crippen LogP contribution in [0.25, 0.3) is 0 Å². The lowest BCUT2D eigenvalue weighted by atomic mass is 9.94. The number of carbonyl (C=O) groups excluding carboxylic acids is 2. The summed E-state index contributed by atoms with van der Waals surface area (Å²) in [5.41, 5.74) is 2.46. The summed E-state index contributed by atoms with van der Waals surface area (Å²) in [6, 6.07) is 13.4. The van der Waals surface area contributed by atoms with Crippen LogP contribution >= 0.6 is 0 Å². The van der Waals surface area contributed by atoms with Gasteiger partial charge in [-0.3, -0.25) is 9.59 Å². The highest BCUT2D eigenvalue weighted by atomic mass is 19.1. The Labute approximate surface area is 159 Å². The standard InChI is InChI=1S/C22H25FN2O2/c1-15(2)19-5-3-4-6-20(19)24-21(26)16-11-13-25(14-12-16)22(27)17-7-9-18(23)10-8-17/h3-10,15-16H,11-14H2,1-2H3,(H,24,26). The number of rotatable bonds is 4. The molecule has 1 heterocycles. The summed E-state index contributed by atoms with van der Waals surface area (Å²) in [7, 11) is 0. The average Bonchev–Trinajstić information content (AvgIpc) is 2.68. The summed E-state index contributed by atoms with van der Waals surface area (Å²) < 4.78 is 13.0. The maximum atomic E-state index is 13.0. The van der Waals surface area contributed by atoms with Crippen molar-refractivity contribution in [3.05, 3.63) is 65.5 Å². The molecule has 0 aromatic heterocycles. The van der Waals surface area contributed by atoms with Gasteiger partial charge in [0, 0.05) is 30.3 Å². The Morgan fingerprint density at radius 2 is 1.67 bits per heavy atom. The summed E-state index contributed by atoms with van der Waals surface area (Å²) in [5, 5.41) is 3.06. The van der Waals surface area contributed by atoms with E-state index in [1.165, 1.54) is 24.3 Å². The van der Waals surface area contributed by atoms with E-state index in [1.807, 2.05) is 24.3 Å². The van der Waals surface area contributed by atoms with Gasteiger partial charge in [-0.1, -0.05) is 32.0 Å². The van der Waals surface area contributed by atoms with Gasteiger partial charge in [0.2, 0.25) is 5.91 Å². The molecule has 142 valence electrons. The molecule has 5 heteroatoms. The minimum atomic E-state index is -0.358. The first-order chi connectivity index (χ1) is 13.0. The van der Waals surface area contributed by atoms with Crippen LogP contribution in [0.2, 0.25) is 0 Å². The maximum absolute atomic E-state index is 13.0. The Balaban J connectivity index is 1.58. The summed E-state index contributed by atoms with van der Waals surface area (Å²) in [6.45, 7) is 5.26. The molecule has 0 aliphatic carbocycles. The van der Waals surface area contributed by atoms with E-state index in [4.69, 9.17) is 0 Å². The number of anilines is 1. The molecule has 3 rings (SSSR count). The number of amides is 2. The van der Waals surface area contributed by atoms with Crippen molar-refractivity contribution in [1.29, 1.82) is 0 Å². The first-order valence-electron chi connectivity index (χ1n) is 9.40. The minimum absolute atomic E-state index is 0.0111. The Kier molecular flexibility index (Phi) is 5.89. The molecule has 2 aromatic rings. The van der Waals surface area contributed by atoms with Gasteiger partial charge < -0.3 is 10.2 Å². The fraction of sp³-hybridized carbons (Fsp3) is 0.364. The number of hydrogen-bond acceptors (Lipinski definition) is 2. The van der Waals surface area contributed by atoms with Crippen molar-refractivity contribution in [3.63, 3.8) is 0 Å². The van der Waals surface area contributed by atoms with E-state index < -0.39 is 0 Å². The maximum Gasteiger partial charge on any atom is 0.253 e. The summed E-state index contributed by atoms with van der Waals surface area (Å²) in [6.07, 6.45) is 1.26. The van der Waals surface area contributed by atoms with E-state index >= 15 is 0 Å². The van der Waals surface area contributed by atoms with Gasteiger partial charge in [-0.15, -0.1) is 0 Å². The Bertz CT molecular complexity index is 809. The molecule has 1 fully saturated rings. The van der Waals surface area contributed by atoms with Gasteiger partial charge in [0.1, 0.15) is 5.82 Å². The Morgan fingerprint density at radius 3 is 2.30 bits per heavy atom. The number of nitrogens with one attached hydrogen (secondary N) is 1. The first-order valence-corrected chi connectivity index (χ1v) is 9.40. The van der Waals surface area contributed by atoms with Crippen molar-refractivity contribution in [2.24, 2.45) is 5.92 Å². The van der Waals surface area contributed by atoms with E-state index in [-0.39, 0.29) is 23.5 Å². The normalized spacial score (nSPS) is 15.0. The number of benzene rings is 2. The number of hydrogen-bond donors (Lipinski definition) is 1. The molecule has 2 aromatic carbocycles. The summed E-state index contributed by atoms with van der Waals surface area (Å²) >= 11 is 0. The van der Waals surface area contributed by atoms with Crippen molar-refractivity contribution in [2.75, 3.05) is 18.4 Å². The topological polar surface area (TPSA) is 49.4 Å². The molecule has 0 spiro atoms. The number of nitrogens with zero attached hydrogens (tertiary/aromatic N) is 1. The minimum Gasteiger partial charge on any atom is -0.339 e. The molecule has 2 amide bonds. The quantitative estimate of drug-likeness (QED) is 0.867. The molecule has 1 aliphatic rings. The third kappa shape index (κ3) is 4.54. The largest absolute Gasteiger partial charge is 0.339 e. The predicted octanol–water partition coefficient (Wildman–Crippen LogP) is 4.44. The highest BCUT2D eigenvalue weighted by Gasteiger charge is 2.28. The molecule has 1 aliphatic heterocycles. The summed E-state index contributed by atoms with van der Waals surface area (Å²) in [4.78, 5) is 26.9. The number of halogens is 1. The lowest BCUT2D eigenvalue weighted by Crippen LogP contribution is -2.41. The van der Waals surface area contributed by atoms with Crippen LogP contribution in [-0.4, -0.2) is 29.8 Å². The predicted molar refractivity (Wildman–Crippen MR) is 104 cm³/mol. The van der Waals surface area contributed by atoms with Gasteiger partial charge in [0.05, 0.1) is 0 Å². The van der Waals surface area contributed by atoms with Gasteiger partial charge in [-0.05, 0) is 54.7 Å². The number of para-hydroxylation sites is 1. The molecule has 0 saturated carbocycles. The zero-order valence-corrected chi connectivity index (χ0v) is 15.7. The molecule has 0 atom stereocenters. The fourth-order valence-corrected chi connectivity index (χ4v) is 3.47. The molecule has 0 bridgehead atoms. The highest BCUT2D eigenvalue weighted by Crippen LogP contribution is 2.26. The monoisotopic (exact) mass is 368 g/mol. The van der Waals surface area contributed by atoms with Crippen molar-refractivity contribution >= 4 is 17.5 Å². The molecular weight excluding hydrogens is 343 g/mol. The van der Waals surface area contributed by atoms with Crippen molar-refractivity contribution < 1.29 is 14.0 Å². The zero-order valence-electron chi connectivity index (χ0n) is 15.7. The van der Waals surface area contributed by atoms with E-state index in [2.05, 4.69) is 19.2 Å². The van der Waals surface area contributed by atoms with E-state index in [9.17, 15) is 14.0 Å². The second-order valence-corrected chi connectivity index (χ2v) is 7.30. The van der Waals surface area contributed by atoms with Crippen LogP contribution in [0.1, 0.15) is 48.5 Å². The third-order valence-electron chi connectivity index (χ3n) is 5.08. The van der Waals surface area contributed by atoms with Gasteiger partial charge >= 0.3 is 0 Å². The number of piperidine rings is 1. The van der Waals surface area contributed by atoms with Crippen molar-refractivity contribution in [1.82, 2.24) is 4.90 Å². The van der Waals surface area contributed by atoms with Gasteiger partial charge in [-0.25, -0.2) is 4.39 Å². The lowest BCUT2D eigenvalue weighted by molar-refractivity contribution is -0.121. The SMILES string of the molecule is CC(C)c1ccccc1NC(=O)C1CCN(C(=O)c2ccc(F)cc2)CC1. The Morgan fingerprint density at radius 1 is 1.04 bits per heavy atom. The van der Waals surface area contributed by atoms with Crippen LogP contribution in [0.5, 0.6) is 0 Å². The van der Waals surface area contributed by atoms with Crippen LogP contribution in [0, 0.1) is 11.7 Å². The smallest absolute Gasteiger partial charge is 0.253 e. The van der Waals surface area contributed by atoms with E-state index in [0.29, 0.717) is 37.4 Å². The molecule has 0 unspecified atom stereocenters. The van der Waals surface area contributed by atoms with Gasteiger partial charge in [0.15, 0.2) is 0 Å².